The molecule has 0 spiro atoms. The van der Waals surface area contributed by atoms with Gasteiger partial charge in [0.05, 0.1) is 12.2 Å². The minimum Gasteiger partial charge on any atom is -0.396 e. The molecular formula is C15H21NO8S2. The predicted octanol–water partition coefficient (Wildman–Crippen LogP) is -0.441. The van der Waals surface area contributed by atoms with Crippen LogP contribution in [0.2, 0.25) is 0 Å². The molecule has 1 aliphatic carbocycles. The molecule has 5 unspecified atom stereocenters. The van der Waals surface area contributed by atoms with Crippen LogP contribution >= 0.6 is 11.8 Å². The third-order valence-electron chi connectivity index (χ3n) is 4.05. The summed E-state index contributed by atoms with van der Waals surface area (Å²) < 4.78 is 34.4. The van der Waals surface area contributed by atoms with Crippen LogP contribution in [-0.4, -0.2) is 68.6 Å². The Hall–Kier alpha value is -1.21. The first-order chi connectivity index (χ1) is 12.2. The molecule has 11 heteroatoms. The molecule has 2 rings (SSSR count). The van der Waals surface area contributed by atoms with Gasteiger partial charge in [-0.15, -0.1) is 11.8 Å². The van der Waals surface area contributed by atoms with Crippen molar-refractivity contribution in [2.75, 3.05) is 6.61 Å². The Balaban J connectivity index is 2.19. The minimum atomic E-state index is -4.79. The van der Waals surface area contributed by atoms with Gasteiger partial charge in [0.15, 0.2) is 0 Å². The van der Waals surface area contributed by atoms with E-state index >= 15 is 0 Å². The van der Waals surface area contributed by atoms with E-state index in [-0.39, 0.29) is 24.5 Å². The number of oxime groups is 1. The van der Waals surface area contributed by atoms with E-state index < -0.39 is 39.9 Å². The van der Waals surface area contributed by atoms with Crippen LogP contribution in [0.5, 0.6) is 0 Å². The summed E-state index contributed by atoms with van der Waals surface area (Å²) in [6.07, 6.45) is -3.72. The molecule has 5 atom stereocenters. The van der Waals surface area contributed by atoms with Crippen molar-refractivity contribution in [3.63, 3.8) is 0 Å². The molecule has 1 aromatic rings. The summed E-state index contributed by atoms with van der Waals surface area (Å²) in [4.78, 5) is 0. The predicted molar refractivity (Wildman–Crippen MR) is 94.8 cm³/mol. The van der Waals surface area contributed by atoms with Crippen molar-refractivity contribution in [2.45, 2.75) is 36.4 Å². The lowest BCUT2D eigenvalue weighted by molar-refractivity contribution is -0.114. The van der Waals surface area contributed by atoms with Crippen molar-refractivity contribution in [2.24, 2.45) is 11.1 Å². The second-order valence-corrected chi connectivity index (χ2v) is 8.27. The molecule has 0 bridgehead atoms. The zero-order chi connectivity index (χ0) is 19.3. The zero-order valence-corrected chi connectivity index (χ0v) is 15.3. The van der Waals surface area contributed by atoms with Crippen molar-refractivity contribution < 1.29 is 37.7 Å². The summed E-state index contributed by atoms with van der Waals surface area (Å²) in [5, 5.41) is 42.2. The van der Waals surface area contributed by atoms with Gasteiger partial charge in [0.1, 0.15) is 11.1 Å². The first kappa shape index (κ1) is 21.1. The summed E-state index contributed by atoms with van der Waals surface area (Å²) in [6.45, 7) is -0.380. The Morgan fingerprint density at radius 3 is 2.38 bits per heavy atom. The first-order valence-corrected chi connectivity index (χ1v) is 10.0. The smallest absolute Gasteiger partial charge is 0.396 e. The highest BCUT2D eigenvalue weighted by Gasteiger charge is 2.43. The summed E-state index contributed by atoms with van der Waals surface area (Å²) in [7, 11) is -4.79. The number of hydrogen-bond acceptors (Lipinski definition) is 9. The van der Waals surface area contributed by atoms with Crippen LogP contribution < -0.4 is 0 Å². The fraction of sp³-hybridized carbons (Fsp3) is 0.533. The van der Waals surface area contributed by atoms with Gasteiger partial charge in [0.2, 0.25) is 0 Å². The zero-order valence-electron chi connectivity index (χ0n) is 13.6. The molecule has 0 radical (unpaired) electrons. The van der Waals surface area contributed by atoms with Crippen LogP contribution in [0, 0.1) is 5.92 Å². The maximum Gasteiger partial charge on any atom is 0.466 e. The molecular weight excluding hydrogens is 386 g/mol. The maximum absolute atomic E-state index is 10.8. The SMILES string of the molecule is O=S(=O)(O)ON=C(Cc1ccccc1)SC1CC(CO)C(O)C(O)C1O. The van der Waals surface area contributed by atoms with E-state index in [4.69, 9.17) is 4.55 Å². The second kappa shape index (κ2) is 9.13. The Morgan fingerprint density at radius 2 is 1.81 bits per heavy atom. The second-order valence-electron chi connectivity index (χ2n) is 5.96. The van der Waals surface area contributed by atoms with Gasteiger partial charge in [0, 0.05) is 24.2 Å². The molecule has 0 saturated heterocycles. The van der Waals surface area contributed by atoms with E-state index in [1.807, 2.05) is 0 Å². The normalized spacial score (nSPS) is 30.2. The molecule has 1 aliphatic rings. The van der Waals surface area contributed by atoms with Crippen LogP contribution in [0.4, 0.5) is 0 Å². The minimum absolute atomic E-state index is 0.137. The molecule has 26 heavy (non-hydrogen) atoms. The van der Waals surface area contributed by atoms with Gasteiger partial charge in [-0.1, -0.05) is 35.5 Å². The number of hydrogen-bond donors (Lipinski definition) is 5. The molecule has 146 valence electrons. The van der Waals surface area contributed by atoms with Crippen LogP contribution in [0.15, 0.2) is 35.5 Å². The van der Waals surface area contributed by atoms with Crippen molar-refractivity contribution in [3.8, 4) is 0 Å². The van der Waals surface area contributed by atoms with Gasteiger partial charge < -0.3 is 20.4 Å². The first-order valence-electron chi connectivity index (χ1n) is 7.80. The van der Waals surface area contributed by atoms with E-state index in [2.05, 4.69) is 9.44 Å². The lowest BCUT2D eigenvalue weighted by atomic mass is 9.83. The topological polar surface area (TPSA) is 157 Å². The van der Waals surface area contributed by atoms with Gasteiger partial charge in [-0.05, 0) is 12.0 Å². The molecule has 1 saturated carbocycles. The molecule has 9 nitrogen and oxygen atoms in total. The summed E-state index contributed by atoms with van der Waals surface area (Å²) in [5.74, 6) is -0.647. The Bertz CT molecular complexity index is 710. The Morgan fingerprint density at radius 1 is 1.15 bits per heavy atom. The number of nitrogens with zero attached hydrogens (tertiary/aromatic N) is 1. The van der Waals surface area contributed by atoms with Crippen LogP contribution in [0.25, 0.3) is 0 Å². The molecule has 0 heterocycles. The summed E-state index contributed by atoms with van der Waals surface area (Å²) in [6, 6.07) is 8.90. The van der Waals surface area contributed by atoms with Gasteiger partial charge in [-0.25, -0.2) is 4.28 Å². The van der Waals surface area contributed by atoms with Gasteiger partial charge in [0.25, 0.3) is 0 Å². The van der Waals surface area contributed by atoms with Crippen LogP contribution in [0.1, 0.15) is 12.0 Å². The van der Waals surface area contributed by atoms with Crippen LogP contribution in [-0.2, 0) is 21.1 Å². The number of aliphatic hydroxyl groups is 4. The fourth-order valence-electron chi connectivity index (χ4n) is 2.71. The molecule has 5 N–H and O–H groups in total. The van der Waals surface area contributed by atoms with Crippen LogP contribution in [0.3, 0.4) is 0 Å². The largest absolute Gasteiger partial charge is 0.466 e. The number of rotatable bonds is 6. The highest BCUT2D eigenvalue weighted by atomic mass is 32.3. The lowest BCUT2D eigenvalue weighted by Crippen LogP contribution is -2.53. The standard InChI is InChI=1S/C15H21NO8S2/c17-8-10-7-11(14(19)15(20)13(10)18)25-12(16-24-26(21,22)23)6-9-4-2-1-3-5-9/h1-5,10-11,13-15,17-20H,6-8H2,(H,21,22,23). The lowest BCUT2D eigenvalue weighted by Gasteiger charge is -2.39. The van der Waals surface area contributed by atoms with E-state index in [1.165, 1.54) is 0 Å². The van der Waals surface area contributed by atoms with E-state index in [9.17, 15) is 28.8 Å². The summed E-state index contributed by atoms with van der Waals surface area (Å²) >= 11 is 0.951. The Labute approximate surface area is 155 Å². The van der Waals surface area contributed by atoms with Gasteiger partial charge in [-0.2, -0.15) is 8.42 Å². The van der Waals surface area contributed by atoms with Crippen molar-refractivity contribution >= 4 is 27.2 Å². The molecule has 1 fully saturated rings. The van der Waals surface area contributed by atoms with Crippen molar-refractivity contribution in [1.29, 1.82) is 0 Å². The monoisotopic (exact) mass is 407 g/mol. The fourth-order valence-corrected chi connectivity index (χ4v) is 4.26. The summed E-state index contributed by atoms with van der Waals surface area (Å²) in [5.41, 5.74) is 0.780. The highest BCUT2D eigenvalue weighted by molar-refractivity contribution is 8.14. The third kappa shape index (κ3) is 5.91. The highest BCUT2D eigenvalue weighted by Crippen LogP contribution is 2.34. The number of benzene rings is 1. The van der Waals surface area contributed by atoms with Crippen molar-refractivity contribution in [3.05, 3.63) is 35.9 Å². The van der Waals surface area contributed by atoms with E-state index in [0.29, 0.717) is 0 Å². The molecule has 0 aliphatic heterocycles. The van der Waals surface area contributed by atoms with E-state index in [0.717, 1.165) is 17.3 Å². The van der Waals surface area contributed by atoms with Gasteiger partial charge in [-0.3, -0.25) is 4.55 Å². The number of aliphatic hydroxyl groups excluding tert-OH is 4. The van der Waals surface area contributed by atoms with E-state index in [1.54, 1.807) is 30.3 Å². The molecule has 1 aromatic carbocycles. The van der Waals surface area contributed by atoms with Crippen molar-refractivity contribution in [1.82, 2.24) is 0 Å². The average molecular weight is 407 g/mol. The van der Waals surface area contributed by atoms with Gasteiger partial charge >= 0.3 is 10.4 Å². The number of thioether (sulfide) groups is 1. The molecule has 0 aromatic heterocycles. The molecule has 0 amide bonds. The third-order valence-corrected chi connectivity index (χ3v) is 5.58. The average Bonchev–Trinajstić information content (AvgIpc) is 2.60. The Kier molecular flexibility index (Phi) is 7.41. The quantitative estimate of drug-likeness (QED) is 0.182. The maximum atomic E-state index is 10.8.